The number of aliphatic hydroxyl groups excluding tert-OH is 2. The van der Waals surface area contributed by atoms with Crippen LogP contribution in [0.1, 0.15) is 90.1 Å². The van der Waals surface area contributed by atoms with E-state index in [1.807, 2.05) is 12.1 Å². The summed E-state index contributed by atoms with van der Waals surface area (Å²) in [7, 11) is 0. The molecule has 2 aliphatic rings. The Morgan fingerprint density at radius 2 is 1.19 bits per heavy atom. The first-order valence-electron chi connectivity index (χ1n) is 22.0. The highest BCUT2D eigenvalue weighted by Crippen LogP contribution is 2.50. The molecular weight excluding hydrogens is 1060 g/mol. The number of rotatable bonds is 15. The van der Waals surface area contributed by atoms with Gasteiger partial charge in [0.2, 0.25) is 0 Å². The van der Waals surface area contributed by atoms with Crippen LogP contribution < -0.4 is 0 Å². The summed E-state index contributed by atoms with van der Waals surface area (Å²) in [5, 5.41) is 51.6. The summed E-state index contributed by atoms with van der Waals surface area (Å²) in [6.45, 7) is 0.530. The van der Waals surface area contributed by atoms with Gasteiger partial charge in [-0.25, -0.2) is 13.8 Å². The van der Waals surface area contributed by atoms with E-state index in [0.29, 0.717) is 53.9 Å². The largest absolute Gasteiger partial charge is 0.394 e. The number of hydrogen-bond donors (Lipinski definition) is 3. The first-order chi connectivity index (χ1) is 34.7. The van der Waals surface area contributed by atoms with Gasteiger partial charge in [0, 0.05) is 43.4 Å². The number of pyridine rings is 2. The van der Waals surface area contributed by atoms with Crippen LogP contribution in [0.25, 0.3) is 0 Å². The van der Waals surface area contributed by atoms with Gasteiger partial charge in [-0.05, 0) is 84.8 Å². The monoisotopic (exact) mass is 1090 g/mol. The van der Waals surface area contributed by atoms with E-state index < -0.39 is 40.5 Å². The lowest BCUT2D eigenvalue weighted by atomic mass is 9.84. The van der Waals surface area contributed by atoms with E-state index in [1.165, 1.54) is 51.7 Å². The molecule has 0 saturated carbocycles. The number of fused-ring (bicyclic) bond motifs is 2. The quantitative estimate of drug-likeness (QED) is 0.0879. The molecule has 0 saturated heterocycles. The smallest absolute Gasteiger partial charge is 0.257 e. The number of benzene rings is 4. The van der Waals surface area contributed by atoms with E-state index in [4.69, 9.17) is 43.2 Å². The van der Waals surface area contributed by atoms with Gasteiger partial charge < -0.3 is 24.8 Å². The summed E-state index contributed by atoms with van der Waals surface area (Å²) in [4.78, 5) is 43.2. The summed E-state index contributed by atoms with van der Waals surface area (Å²) < 4.78 is 44.5. The van der Waals surface area contributed by atoms with Crippen molar-refractivity contribution in [2.75, 3.05) is 26.4 Å². The Labute approximate surface area is 434 Å². The van der Waals surface area contributed by atoms with Crippen LogP contribution in [0.4, 0.5) is 8.78 Å². The number of halogens is 5. The van der Waals surface area contributed by atoms with Gasteiger partial charge in [-0.15, -0.1) is 11.3 Å². The predicted octanol–water partition coefficient (Wildman–Crippen LogP) is 9.09. The normalized spacial score (nSPS) is 17.7. The van der Waals surface area contributed by atoms with Gasteiger partial charge in [0.25, 0.3) is 11.8 Å². The van der Waals surface area contributed by atoms with Crippen molar-refractivity contribution in [2.45, 2.75) is 43.5 Å². The van der Waals surface area contributed by atoms with Crippen LogP contribution in [0.3, 0.4) is 0 Å². The Hall–Kier alpha value is -6.55. The molecule has 3 atom stereocenters. The average Bonchev–Trinajstić information content (AvgIpc) is 4.08. The van der Waals surface area contributed by atoms with Gasteiger partial charge in [-0.1, -0.05) is 70.3 Å². The molecule has 366 valence electrons. The summed E-state index contributed by atoms with van der Waals surface area (Å²) in [5.41, 5.74) is -0.330. The van der Waals surface area contributed by atoms with Crippen molar-refractivity contribution >= 4 is 62.3 Å². The molecule has 0 bridgehead atoms. The highest BCUT2D eigenvalue weighted by molar-refractivity contribution is 9.10. The number of ether oxygens (including phenoxy) is 2. The Morgan fingerprint density at radius 1 is 0.722 bits per heavy atom. The SMILES string of the molecule is CCC(O)(c1cc(F)c2c(c1)C(=O)N(Cc1ccc(C#N)cn1)[C@@]2(OCCO)c1ccc(Cl)cc1)c1cscn1.N#Cc1ccc(CN2C(=O)c3cc(Br)cc(F)c3[C@]2(OCCO)c2ccc(Cl)cc2)nc1. The third-order valence-electron chi connectivity index (χ3n) is 12.2. The maximum atomic E-state index is 16.4. The van der Waals surface area contributed by atoms with E-state index in [-0.39, 0.29) is 73.8 Å². The fourth-order valence-corrected chi connectivity index (χ4v) is 10.2. The number of carbonyl (C=O) groups is 2. The lowest BCUT2D eigenvalue weighted by molar-refractivity contribution is -0.120. The summed E-state index contributed by atoms with van der Waals surface area (Å²) in [6.07, 6.45) is 2.97. The van der Waals surface area contributed by atoms with Crippen molar-refractivity contribution in [3.63, 3.8) is 0 Å². The molecular formula is C52H40BrCl2F2N7O7S. The van der Waals surface area contributed by atoms with E-state index in [2.05, 4.69) is 30.9 Å². The fraction of sp³-hybridized carbons (Fsp3) is 0.212. The first-order valence-corrected chi connectivity index (χ1v) is 24.5. The Kier molecular flexibility index (Phi) is 15.6. The number of amides is 2. The van der Waals surface area contributed by atoms with Crippen molar-refractivity contribution < 1.29 is 43.2 Å². The van der Waals surface area contributed by atoms with Crippen LogP contribution in [0.2, 0.25) is 10.0 Å². The molecule has 1 unspecified atom stereocenters. The maximum Gasteiger partial charge on any atom is 0.257 e. The van der Waals surface area contributed by atoms with Crippen molar-refractivity contribution in [2.24, 2.45) is 0 Å². The number of hydrogen-bond acceptors (Lipinski definition) is 13. The van der Waals surface area contributed by atoms with Crippen LogP contribution >= 0.6 is 50.5 Å². The molecule has 72 heavy (non-hydrogen) atoms. The molecule has 9 rings (SSSR count). The minimum absolute atomic E-state index is 0.00126. The minimum atomic E-state index is -1.79. The third kappa shape index (κ3) is 9.49. The van der Waals surface area contributed by atoms with Crippen LogP contribution in [0, 0.1) is 34.3 Å². The summed E-state index contributed by atoms with van der Waals surface area (Å²) in [6, 6.07) is 28.9. The van der Waals surface area contributed by atoms with E-state index in [0.717, 1.165) is 0 Å². The summed E-state index contributed by atoms with van der Waals surface area (Å²) in [5.74, 6) is -2.43. The zero-order chi connectivity index (χ0) is 51.4. The van der Waals surface area contributed by atoms with Gasteiger partial charge in [-0.3, -0.25) is 29.4 Å². The summed E-state index contributed by atoms with van der Waals surface area (Å²) >= 11 is 16.8. The average molecular weight is 1100 g/mol. The van der Waals surface area contributed by atoms with Gasteiger partial charge >= 0.3 is 0 Å². The molecule has 7 aromatic rings. The minimum Gasteiger partial charge on any atom is -0.394 e. The lowest BCUT2D eigenvalue weighted by Gasteiger charge is -2.39. The number of thiazole rings is 1. The molecule has 0 fully saturated rings. The van der Waals surface area contributed by atoms with Crippen LogP contribution in [-0.4, -0.2) is 78.3 Å². The van der Waals surface area contributed by atoms with E-state index in [9.17, 15) is 24.9 Å². The standard InChI is InChI=1S/C29H24ClFN4O4S.C23H16BrClFN3O3/c1-2-28(38,25-16-40-17-34-25)20-11-23-26(24(31)12-20)29(39-10-9-36,19-4-6-21(30)7-5-19)35(27(23)37)15-22-8-3-18(13-32)14-33-22;24-16-9-19-21(20(26)10-16)23(32-8-7-30,15-2-4-17(25)5-3-15)29(22(19)31)13-18-6-1-14(11-27)12-28-18/h3-8,11-12,14,16-17,36,38H,2,9-10,15H2,1H3;1-6,9-10,12,30H,7-8,13H2/t28?,29-;23-/m11/s1. The highest BCUT2D eigenvalue weighted by atomic mass is 79.9. The van der Waals surface area contributed by atoms with Crippen LogP contribution in [-0.2, 0) is 39.6 Å². The maximum absolute atomic E-state index is 16.4. The van der Waals surface area contributed by atoms with Gasteiger partial charge in [0.1, 0.15) is 29.4 Å². The predicted molar refractivity (Wildman–Crippen MR) is 264 cm³/mol. The number of carbonyl (C=O) groups excluding carboxylic acids is 2. The molecule has 2 aliphatic heterocycles. The third-order valence-corrected chi connectivity index (χ3v) is 13.8. The number of aliphatic hydroxyl groups is 3. The molecule has 14 nitrogen and oxygen atoms in total. The molecule has 0 radical (unpaired) electrons. The Bertz CT molecular complexity index is 3220. The lowest BCUT2D eigenvalue weighted by Crippen LogP contribution is -2.47. The molecule has 0 aliphatic carbocycles. The fourth-order valence-electron chi connectivity index (χ4n) is 8.91. The first kappa shape index (κ1) is 51.8. The second kappa shape index (κ2) is 21.7. The van der Waals surface area contributed by atoms with E-state index in [1.54, 1.807) is 96.7 Å². The van der Waals surface area contributed by atoms with Crippen molar-refractivity contribution in [1.82, 2.24) is 24.8 Å². The molecule has 3 aromatic heterocycles. The molecule has 2 amide bonds. The van der Waals surface area contributed by atoms with Crippen molar-refractivity contribution in [1.29, 1.82) is 10.5 Å². The van der Waals surface area contributed by atoms with Crippen molar-refractivity contribution in [3.05, 3.63) is 214 Å². The molecule has 4 aromatic carbocycles. The van der Waals surface area contributed by atoms with Gasteiger partial charge in [-0.2, -0.15) is 10.5 Å². The van der Waals surface area contributed by atoms with Crippen LogP contribution in [0.5, 0.6) is 0 Å². The van der Waals surface area contributed by atoms with Gasteiger partial charge in [0.05, 0.1) is 95.5 Å². The Morgan fingerprint density at radius 3 is 1.60 bits per heavy atom. The molecule has 5 heterocycles. The Balaban J connectivity index is 0.000000197. The van der Waals surface area contributed by atoms with Crippen molar-refractivity contribution in [3.8, 4) is 12.1 Å². The zero-order valence-electron chi connectivity index (χ0n) is 37.9. The second-order valence-corrected chi connectivity index (χ2v) is 18.8. The zero-order valence-corrected chi connectivity index (χ0v) is 41.8. The topological polar surface area (TPSA) is 206 Å². The van der Waals surface area contributed by atoms with Gasteiger partial charge in [0.15, 0.2) is 11.4 Å². The molecule has 3 N–H and O–H groups in total. The molecule has 20 heteroatoms. The number of aromatic nitrogens is 3. The number of nitriles is 2. The highest BCUT2D eigenvalue weighted by Gasteiger charge is 2.56. The molecule has 0 spiro atoms. The van der Waals surface area contributed by atoms with Crippen LogP contribution in [0.15, 0.2) is 125 Å². The van der Waals surface area contributed by atoms with E-state index >= 15 is 8.78 Å². The second-order valence-electron chi connectivity index (χ2n) is 16.3. The number of nitrogens with zero attached hydrogens (tertiary/aromatic N) is 7.